The van der Waals surface area contributed by atoms with E-state index in [0.29, 0.717) is 22.0 Å². The molecular formula is C31H36ClN3O5S. The molecule has 1 unspecified atom stereocenters. The van der Waals surface area contributed by atoms with Crippen LogP contribution in [0.3, 0.4) is 0 Å². The zero-order valence-corrected chi connectivity index (χ0v) is 24.9. The van der Waals surface area contributed by atoms with Gasteiger partial charge in [-0.1, -0.05) is 67.3 Å². The molecule has 218 valence electrons. The van der Waals surface area contributed by atoms with Crippen LogP contribution in [0.15, 0.2) is 83.8 Å². The van der Waals surface area contributed by atoms with Gasteiger partial charge in [-0.05, 0) is 67.8 Å². The van der Waals surface area contributed by atoms with Crippen molar-refractivity contribution < 1.29 is 22.7 Å². The van der Waals surface area contributed by atoms with Crippen molar-refractivity contribution in [3.63, 3.8) is 0 Å². The van der Waals surface area contributed by atoms with Crippen molar-refractivity contribution in [3.05, 3.63) is 89.4 Å². The van der Waals surface area contributed by atoms with Crippen LogP contribution in [-0.2, 0) is 26.2 Å². The monoisotopic (exact) mass is 597 g/mol. The Morgan fingerprint density at radius 3 is 2.22 bits per heavy atom. The first-order chi connectivity index (χ1) is 19.7. The lowest BCUT2D eigenvalue weighted by Crippen LogP contribution is -2.53. The number of para-hydroxylation sites is 1. The van der Waals surface area contributed by atoms with Gasteiger partial charge in [0.15, 0.2) is 0 Å². The molecule has 3 aromatic carbocycles. The van der Waals surface area contributed by atoms with E-state index in [4.69, 9.17) is 16.3 Å². The molecule has 1 fully saturated rings. The number of nitrogens with zero attached hydrogens (tertiary/aromatic N) is 2. The molecule has 1 saturated carbocycles. The molecule has 8 nitrogen and oxygen atoms in total. The smallest absolute Gasteiger partial charge is 0.264 e. The predicted molar refractivity (Wildman–Crippen MR) is 160 cm³/mol. The van der Waals surface area contributed by atoms with Crippen molar-refractivity contribution in [1.29, 1.82) is 0 Å². The highest BCUT2D eigenvalue weighted by Crippen LogP contribution is 2.26. The van der Waals surface area contributed by atoms with E-state index in [1.54, 1.807) is 73.7 Å². The number of carbonyl (C=O) groups is 2. The summed E-state index contributed by atoms with van der Waals surface area (Å²) in [5.41, 5.74) is 0.984. The highest BCUT2D eigenvalue weighted by molar-refractivity contribution is 7.92. The Morgan fingerprint density at radius 1 is 0.951 bits per heavy atom. The van der Waals surface area contributed by atoms with Gasteiger partial charge < -0.3 is 15.0 Å². The third-order valence-electron chi connectivity index (χ3n) is 7.39. The molecule has 1 N–H and O–H groups in total. The Morgan fingerprint density at radius 2 is 1.59 bits per heavy atom. The van der Waals surface area contributed by atoms with Crippen LogP contribution in [0, 0.1) is 0 Å². The first kappa shape index (κ1) is 30.4. The summed E-state index contributed by atoms with van der Waals surface area (Å²) < 4.78 is 34.0. The number of ether oxygens (including phenoxy) is 1. The van der Waals surface area contributed by atoms with Crippen LogP contribution in [0.2, 0.25) is 5.02 Å². The number of amides is 2. The predicted octanol–water partition coefficient (Wildman–Crippen LogP) is 5.41. The molecule has 0 heterocycles. The maximum absolute atomic E-state index is 14.0. The zero-order chi connectivity index (χ0) is 29.4. The van der Waals surface area contributed by atoms with E-state index in [2.05, 4.69) is 5.32 Å². The summed E-state index contributed by atoms with van der Waals surface area (Å²) in [5, 5.41) is 3.55. The average Bonchev–Trinajstić information content (AvgIpc) is 3.00. The summed E-state index contributed by atoms with van der Waals surface area (Å²) in [5.74, 6) is -0.297. The molecule has 0 saturated heterocycles. The van der Waals surface area contributed by atoms with E-state index < -0.39 is 28.5 Å². The molecule has 1 atom stereocenters. The molecule has 1 aliphatic rings. The molecule has 10 heteroatoms. The summed E-state index contributed by atoms with van der Waals surface area (Å²) in [6, 6.07) is 20.7. The van der Waals surface area contributed by atoms with E-state index in [0.717, 1.165) is 36.4 Å². The Labute approximate surface area is 247 Å². The van der Waals surface area contributed by atoms with Crippen molar-refractivity contribution in [2.24, 2.45) is 0 Å². The number of sulfonamides is 1. The van der Waals surface area contributed by atoms with Crippen molar-refractivity contribution in [1.82, 2.24) is 10.2 Å². The third-order valence-corrected chi connectivity index (χ3v) is 9.54. The lowest BCUT2D eigenvalue weighted by atomic mass is 9.95. The molecule has 0 aromatic heterocycles. The number of hydrogen-bond acceptors (Lipinski definition) is 5. The van der Waals surface area contributed by atoms with Crippen molar-refractivity contribution >= 4 is 39.1 Å². The second-order valence-corrected chi connectivity index (χ2v) is 12.4. The molecule has 0 aliphatic heterocycles. The highest BCUT2D eigenvalue weighted by atomic mass is 35.5. The first-order valence-corrected chi connectivity index (χ1v) is 15.6. The number of methoxy groups -OCH3 is 1. The van der Waals surface area contributed by atoms with Gasteiger partial charge >= 0.3 is 0 Å². The van der Waals surface area contributed by atoms with Crippen LogP contribution >= 0.6 is 11.6 Å². The minimum Gasteiger partial charge on any atom is -0.497 e. The Kier molecular flexibility index (Phi) is 10.3. The highest BCUT2D eigenvalue weighted by Gasteiger charge is 2.33. The van der Waals surface area contributed by atoms with Crippen LogP contribution in [-0.4, -0.2) is 50.9 Å². The van der Waals surface area contributed by atoms with E-state index in [9.17, 15) is 18.0 Å². The minimum absolute atomic E-state index is 0.00990. The van der Waals surface area contributed by atoms with Crippen LogP contribution < -0.4 is 14.4 Å². The summed E-state index contributed by atoms with van der Waals surface area (Å²) in [7, 11) is -2.66. The zero-order valence-electron chi connectivity index (χ0n) is 23.3. The van der Waals surface area contributed by atoms with E-state index >= 15 is 0 Å². The second-order valence-electron chi connectivity index (χ2n) is 10.2. The molecule has 2 amide bonds. The Bertz CT molecular complexity index is 1430. The largest absolute Gasteiger partial charge is 0.497 e. The number of rotatable bonds is 11. The Balaban J connectivity index is 1.66. The lowest BCUT2D eigenvalue weighted by Gasteiger charge is -2.33. The quantitative estimate of drug-likeness (QED) is 0.319. The number of anilines is 1. The van der Waals surface area contributed by atoms with Crippen molar-refractivity contribution in [2.75, 3.05) is 18.0 Å². The maximum atomic E-state index is 14.0. The maximum Gasteiger partial charge on any atom is 0.264 e. The van der Waals surface area contributed by atoms with Gasteiger partial charge in [0.2, 0.25) is 11.8 Å². The topological polar surface area (TPSA) is 96.0 Å². The number of halogens is 1. The molecule has 3 aromatic rings. The first-order valence-electron chi connectivity index (χ1n) is 13.8. The summed E-state index contributed by atoms with van der Waals surface area (Å²) >= 11 is 6.44. The van der Waals surface area contributed by atoms with E-state index in [-0.39, 0.29) is 23.4 Å². The van der Waals surface area contributed by atoms with E-state index in [1.807, 2.05) is 0 Å². The Hall–Kier alpha value is -3.56. The third kappa shape index (κ3) is 7.59. The summed E-state index contributed by atoms with van der Waals surface area (Å²) in [6.07, 6.45) is 5.06. The lowest BCUT2D eigenvalue weighted by molar-refractivity contribution is -0.139. The molecule has 1 aliphatic carbocycles. The van der Waals surface area contributed by atoms with Crippen LogP contribution in [0.5, 0.6) is 5.75 Å². The standard InChI is InChI=1S/C31H36ClN3O5S/c1-23(31(37)33-25-12-5-3-6-13-25)34(21-24-11-9-10-16-29(24)32)30(36)22-35(26-14-7-4-8-15-26)41(38,39)28-19-17-27(40-2)18-20-28/h4,7-11,14-20,23,25H,3,5-6,12-13,21-22H2,1-2H3,(H,33,37). The van der Waals surface area contributed by atoms with Gasteiger partial charge in [-0.2, -0.15) is 0 Å². The molecule has 4 rings (SSSR count). The molecular weight excluding hydrogens is 562 g/mol. The average molecular weight is 598 g/mol. The number of carbonyl (C=O) groups excluding carboxylic acids is 2. The minimum atomic E-state index is -4.15. The normalized spacial score (nSPS) is 14.6. The van der Waals surface area contributed by atoms with Gasteiger partial charge in [0.1, 0.15) is 18.3 Å². The fraction of sp³-hybridized carbons (Fsp3) is 0.355. The van der Waals surface area contributed by atoms with Crippen LogP contribution in [0.4, 0.5) is 5.69 Å². The van der Waals surface area contributed by atoms with Gasteiger partial charge in [0.25, 0.3) is 10.0 Å². The van der Waals surface area contributed by atoms with E-state index in [1.165, 1.54) is 24.1 Å². The van der Waals surface area contributed by atoms with Gasteiger partial charge in [0.05, 0.1) is 17.7 Å². The molecule has 0 spiro atoms. The number of nitrogens with one attached hydrogen (secondary N) is 1. The summed E-state index contributed by atoms with van der Waals surface area (Å²) in [4.78, 5) is 28.8. The SMILES string of the molecule is COc1ccc(S(=O)(=O)N(CC(=O)N(Cc2ccccc2Cl)C(C)C(=O)NC2CCCCC2)c2ccccc2)cc1. The number of hydrogen-bond donors (Lipinski definition) is 1. The van der Waals surface area contributed by atoms with Crippen LogP contribution in [0.25, 0.3) is 0 Å². The second kappa shape index (κ2) is 13.9. The van der Waals surface area contributed by atoms with Gasteiger partial charge in [0, 0.05) is 17.6 Å². The van der Waals surface area contributed by atoms with Gasteiger partial charge in [-0.3, -0.25) is 13.9 Å². The summed E-state index contributed by atoms with van der Waals surface area (Å²) in [6.45, 7) is 1.20. The molecule has 0 bridgehead atoms. The fourth-order valence-corrected chi connectivity index (χ4v) is 6.57. The molecule has 41 heavy (non-hydrogen) atoms. The van der Waals surface area contributed by atoms with Gasteiger partial charge in [-0.25, -0.2) is 8.42 Å². The molecule has 0 radical (unpaired) electrons. The number of benzene rings is 3. The van der Waals surface area contributed by atoms with Crippen LogP contribution in [0.1, 0.15) is 44.6 Å². The van der Waals surface area contributed by atoms with Crippen molar-refractivity contribution in [2.45, 2.75) is 62.6 Å². The van der Waals surface area contributed by atoms with Crippen molar-refractivity contribution in [3.8, 4) is 5.75 Å². The van der Waals surface area contributed by atoms with Gasteiger partial charge in [-0.15, -0.1) is 0 Å². The fourth-order valence-electron chi connectivity index (χ4n) is 4.96.